The van der Waals surface area contributed by atoms with E-state index in [9.17, 15) is 13.2 Å². The highest BCUT2D eigenvalue weighted by Crippen LogP contribution is 2.26. The Morgan fingerprint density at radius 1 is 1.18 bits per heavy atom. The molecule has 7 nitrogen and oxygen atoms in total. The molecule has 0 N–H and O–H groups in total. The number of hydrogen-bond donors (Lipinski definition) is 0. The molecule has 1 amide bonds. The monoisotopic (exact) mass is 490 g/mol. The van der Waals surface area contributed by atoms with Crippen LogP contribution in [0.15, 0.2) is 40.6 Å². The van der Waals surface area contributed by atoms with Crippen molar-refractivity contribution in [2.24, 2.45) is 0 Å². The van der Waals surface area contributed by atoms with E-state index in [2.05, 4.69) is 11.5 Å². The molecule has 2 aromatic heterocycles. The molecule has 180 valence electrons. The van der Waals surface area contributed by atoms with Gasteiger partial charge < -0.3 is 9.47 Å². The molecule has 1 unspecified atom stereocenters. The lowest BCUT2D eigenvalue weighted by atomic mass is 10.2. The van der Waals surface area contributed by atoms with Gasteiger partial charge in [0.1, 0.15) is 5.82 Å². The van der Waals surface area contributed by atoms with Crippen molar-refractivity contribution in [2.45, 2.75) is 64.4 Å². The summed E-state index contributed by atoms with van der Waals surface area (Å²) in [6.45, 7) is 9.41. The summed E-state index contributed by atoms with van der Waals surface area (Å²) < 4.78 is 29.5. The van der Waals surface area contributed by atoms with Crippen molar-refractivity contribution in [2.75, 3.05) is 20.1 Å². The Labute approximate surface area is 201 Å². The Kier molecular flexibility index (Phi) is 8.31. The van der Waals surface area contributed by atoms with E-state index in [0.717, 1.165) is 29.2 Å². The number of hydrogen-bond acceptors (Lipinski definition) is 5. The second-order valence-electron chi connectivity index (χ2n) is 8.12. The van der Waals surface area contributed by atoms with E-state index in [4.69, 9.17) is 4.98 Å². The summed E-state index contributed by atoms with van der Waals surface area (Å²) in [4.78, 5) is 20.8. The molecule has 1 aromatic carbocycles. The lowest BCUT2D eigenvalue weighted by Gasteiger charge is -2.24. The summed E-state index contributed by atoms with van der Waals surface area (Å²) in [5, 5.41) is 2.02. The molecular formula is C24H34N4O3S2. The first kappa shape index (κ1) is 25.4. The van der Waals surface area contributed by atoms with Crippen LogP contribution in [-0.2, 0) is 27.8 Å². The van der Waals surface area contributed by atoms with Crippen LogP contribution in [0.25, 0.3) is 11.0 Å². The molecule has 3 rings (SSSR count). The molecular weight excluding hydrogens is 456 g/mol. The number of fused-ring (bicyclic) bond motifs is 1. The maximum absolute atomic E-state index is 12.9. The Bertz CT molecular complexity index is 1180. The quantitative estimate of drug-likeness (QED) is 0.391. The minimum absolute atomic E-state index is 0.0276. The van der Waals surface area contributed by atoms with E-state index >= 15 is 0 Å². The molecule has 0 aliphatic carbocycles. The van der Waals surface area contributed by atoms with Crippen LogP contribution in [-0.4, -0.2) is 53.2 Å². The zero-order valence-corrected chi connectivity index (χ0v) is 21.7. The Hall–Kier alpha value is -2.23. The number of rotatable bonds is 11. The van der Waals surface area contributed by atoms with E-state index in [1.54, 1.807) is 28.4 Å². The molecule has 0 bridgehead atoms. The largest absolute Gasteiger partial charge is 0.338 e. The molecule has 0 fully saturated rings. The predicted octanol–water partition coefficient (Wildman–Crippen LogP) is 4.69. The first-order chi connectivity index (χ1) is 15.7. The van der Waals surface area contributed by atoms with Crippen molar-refractivity contribution in [1.29, 1.82) is 0 Å². The number of nitrogens with zero attached hydrogens (tertiary/aromatic N) is 4. The zero-order valence-electron chi connectivity index (χ0n) is 20.1. The molecule has 0 radical (unpaired) electrons. The Morgan fingerprint density at radius 2 is 1.91 bits per heavy atom. The molecule has 0 spiro atoms. The van der Waals surface area contributed by atoms with Gasteiger partial charge in [0.2, 0.25) is 15.9 Å². The molecule has 0 saturated heterocycles. The van der Waals surface area contributed by atoms with Crippen LogP contribution in [0.2, 0.25) is 0 Å². The lowest BCUT2D eigenvalue weighted by molar-refractivity contribution is -0.131. The third-order valence-electron chi connectivity index (χ3n) is 6.08. The van der Waals surface area contributed by atoms with Crippen LogP contribution in [0.3, 0.4) is 0 Å². The fourth-order valence-corrected chi connectivity index (χ4v) is 6.33. The zero-order chi connectivity index (χ0) is 24.2. The Balaban J connectivity index is 1.85. The molecule has 2 heterocycles. The highest BCUT2D eigenvalue weighted by atomic mass is 32.2. The number of aromatic nitrogens is 2. The number of aryl methyl sites for hydroxylation is 2. The van der Waals surface area contributed by atoms with Crippen LogP contribution in [0, 0.1) is 0 Å². The van der Waals surface area contributed by atoms with Crippen LogP contribution in [0.1, 0.15) is 57.3 Å². The minimum atomic E-state index is -3.55. The van der Waals surface area contributed by atoms with Crippen molar-refractivity contribution < 1.29 is 13.2 Å². The van der Waals surface area contributed by atoms with Crippen molar-refractivity contribution in [3.8, 4) is 0 Å². The number of amides is 1. The Morgan fingerprint density at radius 3 is 2.52 bits per heavy atom. The predicted molar refractivity (Wildman–Crippen MR) is 134 cm³/mol. The maximum Gasteiger partial charge on any atom is 0.243 e. The summed E-state index contributed by atoms with van der Waals surface area (Å²) in [7, 11) is -1.71. The molecule has 3 aromatic rings. The summed E-state index contributed by atoms with van der Waals surface area (Å²) >= 11 is 1.65. The van der Waals surface area contributed by atoms with Gasteiger partial charge in [-0.3, -0.25) is 4.79 Å². The summed E-state index contributed by atoms with van der Waals surface area (Å²) in [6.07, 6.45) is 1.78. The fourth-order valence-electron chi connectivity index (χ4n) is 4.03. The lowest BCUT2D eigenvalue weighted by Crippen LogP contribution is -2.30. The van der Waals surface area contributed by atoms with Gasteiger partial charge in [-0.15, -0.1) is 11.3 Å². The van der Waals surface area contributed by atoms with Crippen molar-refractivity contribution in [3.05, 3.63) is 46.4 Å². The van der Waals surface area contributed by atoms with E-state index in [1.165, 1.54) is 4.31 Å². The summed E-state index contributed by atoms with van der Waals surface area (Å²) in [6, 6.07) is 9.23. The smallest absolute Gasteiger partial charge is 0.243 e. The summed E-state index contributed by atoms with van der Waals surface area (Å²) in [5.41, 5.74) is 1.55. The number of thiophene rings is 1. The number of carbonyl (C=O) groups excluding carboxylic acids is 1. The van der Waals surface area contributed by atoms with Gasteiger partial charge >= 0.3 is 0 Å². The second kappa shape index (κ2) is 10.8. The van der Waals surface area contributed by atoms with Crippen molar-refractivity contribution in [1.82, 2.24) is 18.8 Å². The third kappa shape index (κ3) is 5.31. The SMILES string of the molecule is CCCn1c(CCC(=O)N(C)C(C)c2cccs2)nc2cc(S(=O)(=O)N(CC)CC)ccc21. The molecule has 33 heavy (non-hydrogen) atoms. The average Bonchev–Trinajstić information content (AvgIpc) is 3.45. The van der Waals surface area contributed by atoms with Gasteiger partial charge in [-0.05, 0) is 43.0 Å². The van der Waals surface area contributed by atoms with Gasteiger partial charge in [-0.25, -0.2) is 13.4 Å². The average molecular weight is 491 g/mol. The van der Waals surface area contributed by atoms with Crippen molar-refractivity contribution in [3.63, 3.8) is 0 Å². The molecule has 0 saturated carbocycles. The molecule has 9 heteroatoms. The molecule has 0 aliphatic heterocycles. The first-order valence-electron chi connectivity index (χ1n) is 11.5. The van der Waals surface area contributed by atoms with Crippen LogP contribution in [0.5, 0.6) is 0 Å². The van der Waals surface area contributed by atoms with Gasteiger partial charge in [-0.1, -0.05) is 26.8 Å². The third-order valence-corrected chi connectivity index (χ3v) is 9.17. The number of imidazole rings is 1. The first-order valence-corrected chi connectivity index (χ1v) is 13.8. The van der Waals surface area contributed by atoms with Gasteiger partial charge in [-0.2, -0.15) is 4.31 Å². The molecule has 1 atom stereocenters. The normalized spacial score (nSPS) is 13.0. The highest BCUT2D eigenvalue weighted by molar-refractivity contribution is 7.89. The van der Waals surface area contributed by atoms with Gasteiger partial charge in [0, 0.05) is 44.4 Å². The summed E-state index contributed by atoms with van der Waals surface area (Å²) in [5.74, 6) is 0.880. The fraction of sp³-hybridized carbons (Fsp3) is 0.500. The van der Waals surface area contributed by atoms with E-state index in [1.807, 2.05) is 51.4 Å². The second-order valence-corrected chi connectivity index (χ2v) is 11.0. The van der Waals surface area contributed by atoms with E-state index < -0.39 is 10.0 Å². The van der Waals surface area contributed by atoms with Crippen LogP contribution >= 0.6 is 11.3 Å². The number of sulfonamides is 1. The van der Waals surface area contributed by atoms with Gasteiger partial charge in [0.25, 0.3) is 0 Å². The highest BCUT2D eigenvalue weighted by Gasteiger charge is 2.24. The number of carbonyl (C=O) groups is 1. The number of benzene rings is 1. The van der Waals surface area contributed by atoms with Gasteiger partial charge in [0.05, 0.1) is 22.0 Å². The maximum atomic E-state index is 12.9. The molecule has 0 aliphatic rings. The topological polar surface area (TPSA) is 75.5 Å². The van der Waals surface area contributed by atoms with Crippen LogP contribution in [0.4, 0.5) is 0 Å². The van der Waals surface area contributed by atoms with Gasteiger partial charge in [0.15, 0.2) is 0 Å². The minimum Gasteiger partial charge on any atom is -0.338 e. The standard InChI is InChI=1S/C24H34N4O3S2/c1-6-15-28-21-12-11-19(33(30,31)27(7-2)8-3)17-20(21)25-23(28)13-14-24(29)26(5)18(4)22-10-9-16-32-22/h9-12,16-18H,6-8,13-15H2,1-5H3. The van der Waals surface area contributed by atoms with Crippen LogP contribution < -0.4 is 0 Å². The van der Waals surface area contributed by atoms with E-state index in [-0.39, 0.29) is 16.8 Å². The van der Waals surface area contributed by atoms with E-state index in [0.29, 0.717) is 31.4 Å². The van der Waals surface area contributed by atoms with Crippen molar-refractivity contribution >= 4 is 38.3 Å².